The van der Waals surface area contributed by atoms with E-state index in [2.05, 4.69) is 20.5 Å². The highest BCUT2D eigenvalue weighted by Gasteiger charge is 2.23. The number of rotatable bonds is 4. The lowest BCUT2D eigenvalue weighted by Crippen LogP contribution is -2.44. The molecular weight excluding hydrogens is 386 g/mol. The van der Waals surface area contributed by atoms with Crippen LogP contribution in [0.5, 0.6) is 0 Å². The van der Waals surface area contributed by atoms with Gasteiger partial charge in [0.25, 0.3) is 11.8 Å². The van der Waals surface area contributed by atoms with Crippen LogP contribution in [0.25, 0.3) is 0 Å². The van der Waals surface area contributed by atoms with Crippen LogP contribution in [0.15, 0.2) is 29.8 Å². The molecule has 0 unspecified atom stereocenters. The van der Waals surface area contributed by atoms with Gasteiger partial charge in [-0.15, -0.1) is 11.3 Å². The average Bonchev–Trinajstić information content (AvgIpc) is 3.17. The zero-order chi connectivity index (χ0) is 20.1. The Morgan fingerprint density at radius 1 is 1.07 bits per heavy atom. The van der Waals surface area contributed by atoms with Gasteiger partial charge in [-0.05, 0) is 30.4 Å². The van der Waals surface area contributed by atoms with Crippen molar-refractivity contribution in [3.8, 4) is 0 Å². The van der Waals surface area contributed by atoms with Gasteiger partial charge >= 0.3 is 0 Å². The van der Waals surface area contributed by atoms with Gasteiger partial charge in [-0.2, -0.15) is 0 Å². The minimum Gasteiger partial charge on any atom is -0.352 e. The minimum atomic E-state index is -0.169. The first-order chi connectivity index (χ1) is 14.2. The number of anilines is 2. The van der Waals surface area contributed by atoms with Crippen LogP contribution >= 0.6 is 11.3 Å². The number of hydrogen-bond acceptors (Lipinski definition) is 6. The van der Waals surface area contributed by atoms with E-state index in [1.54, 1.807) is 18.3 Å². The summed E-state index contributed by atoms with van der Waals surface area (Å²) < 4.78 is 0. The molecule has 2 saturated heterocycles. The van der Waals surface area contributed by atoms with Gasteiger partial charge < -0.3 is 20.4 Å². The van der Waals surface area contributed by atoms with Crippen molar-refractivity contribution in [2.24, 2.45) is 0 Å². The van der Waals surface area contributed by atoms with Gasteiger partial charge in [-0.1, -0.05) is 18.9 Å². The largest absolute Gasteiger partial charge is 0.352 e. The molecule has 7 nitrogen and oxygen atoms in total. The number of nitrogens with zero attached hydrogens (tertiary/aromatic N) is 3. The van der Waals surface area contributed by atoms with E-state index in [4.69, 9.17) is 0 Å². The predicted octanol–water partition coefficient (Wildman–Crippen LogP) is 2.82. The summed E-state index contributed by atoms with van der Waals surface area (Å²) in [4.78, 5) is 35.1. The molecule has 4 rings (SSSR count). The number of carbonyl (C=O) groups is 2. The van der Waals surface area contributed by atoms with E-state index in [1.165, 1.54) is 24.2 Å². The van der Waals surface area contributed by atoms with E-state index in [9.17, 15) is 9.59 Å². The van der Waals surface area contributed by atoms with Gasteiger partial charge in [0.1, 0.15) is 0 Å². The number of hydrogen-bond donors (Lipinski definition) is 2. The first-order valence-electron chi connectivity index (χ1n) is 10.3. The number of carbonyl (C=O) groups excluding carboxylic acids is 2. The fraction of sp³-hybridized carbons (Fsp3) is 0.476. The van der Waals surface area contributed by atoms with Crippen molar-refractivity contribution in [1.82, 2.24) is 15.2 Å². The molecule has 0 aromatic carbocycles. The lowest BCUT2D eigenvalue weighted by atomic mass is 10.2. The molecule has 2 aliphatic heterocycles. The highest BCUT2D eigenvalue weighted by molar-refractivity contribution is 7.12. The van der Waals surface area contributed by atoms with Crippen molar-refractivity contribution in [2.75, 3.05) is 49.5 Å². The summed E-state index contributed by atoms with van der Waals surface area (Å²) >= 11 is 1.40. The second kappa shape index (κ2) is 9.37. The Morgan fingerprint density at radius 2 is 1.83 bits per heavy atom. The lowest BCUT2D eigenvalue weighted by molar-refractivity contribution is 0.0761. The quantitative estimate of drug-likeness (QED) is 0.806. The molecule has 0 spiro atoms. The Labute approximate surface area is 175 Å². The predicted molar refractivity (Wildman–Crippen MR) is 116 cm³/mol. The number of amides is 2. The highest BCUT2D eigenvalue weighted by Crippen LogP contribution is 2.27. The summed E-state index contributed by atoms with van der Waals surface area (Å²) in [6.07, 6.45) is 6.09. The molecule has 2 aromatic heterocycles. The molecule has 2 aromatic rings. The second-order valence-electron chi connectivity index (χ2n) is 7.47. The molecule has 2 N–H and O–H groups in total. The minimum absolute atomic E-state index is 0.00196. The number of nitrogens with one attached hydrogen (secondary N) is 2. The Balaban J connectivity index is 1.61. The maximum atomic E-state index is 13.1. The Bertz CT molecular complexity index is 841. The SMILES string of the molecule is O=C(Nc1cc(C(=O)N2CCCCCC2)cnc1N1CCNCC1)c1cccs1. The number of likely N-dealkylation sites (tertiary alicyclic amines) is 1. The van der Waals surface area contributed by atoms with Crippen LogP contribution in [0.3, 0.4) is 0 Å². The Kier molecular flexibility index (Phi) is 6.41. The maximum absolute atomic E-state index is 13.1. The van der Waals surface area contributed by atoms with Gasteiger partial charge in [0.05, 0.1) is 16.1 Å². The van der Waals surface area contributed by atoms with Crippen LogP contribution in [0.1, 0.15) is 45.7 Å². The molecule has 0 aliphatic carbocycles. The molecule has 154 valence electrons. The molecule has 2 amide bonds. The summed E-state index contributed by atoms with van der Waals surface area (Å²) in [6, 6.07) is 5.45. The van der Waals surface area contributed by atoms with Crippen LogP contribution in [-0.4, -0.2) is 61.0 Å². The zero-order valence-electron chi connectivity index (χ0n) is 16.5. The molecule has 2 fully saturated rings. The van der Waals surface area contributed by atoms with Crippen molar-refractivity contribution < 1.29 is 9.59 Å². The summed E-state index contributed by atoms with van der Waals surface area (Å²) in [6.45, 7) is 4.94. The van der Waals surface area contributed by atoms with E-state index in [-0.39, 0.29) is 11.8 Å². The van der Waals surface area contributed by atoms with E-state index >= 15 is 0 Å². The molecule has 4 heterocycles. The van der Waals surface area contributed by atoms with Gasteiger partial charge in [0, 0.05) is 45.5 Å². The first-order valence-corrected chi connectivity index (χ1v) is 11.2. The van der Waals surface area contributed by atoms with Crippen LogP contribution in [0.2, 0.25) is 0 Å². The maximum Gasteiger partial charge on any atom is 0.265 e. The Morgan fingerprint density at radius 3 is 2.52 bits per heavy atom. The van der Waals surface area contributed by atoms with Crippen molar-refractivity contribution in [3.63, 3.8) is 0 Å². The number of piperazine rings is 1. The fourth-order valence-electron chi connectivity index (χ4n) is 3.84. The van der Waals surface area contributed by atoms with Gasteiger partial charge in [0.2, 0.25) is 0 Å². The average molecular weight is 414 g/mol. The van der Waals surface area contributed by atoms with E-state index in [0.29, 0.717) is 16.1 Å². The van der Waals surface area contributed by atoms with Crippen LogP contribution in [-0.2, 0) is 0 Å². The van der Waals surface area contributed by atoms with Gasteiger partial charge in [-0.3, -0.25) is 9.59 Å². The second-order valence-corrected chi connectivity index (χ2v) is 8.42. The van der Waals surface area contributed by atoms with Crippen molar-refractivity contribution in [3.05, 3.63) is 40.2 Å². The third-order valence-electron chi connectivity index (χ3n) is 5.42. The van der Waals surface area contributed by atoms with Crippen LogP contribution < -0.4 is 15.5 Å². The molecule has 0 radical (unpaired) electrons. The third kappa shape index (κ3) is 4.76. The topological polar surface area (TPSA) is 77.6 Å². The molecule has 29 heavy (non-hydrogen) atoms. The summed E-state index contributed by atoms with van der Waals surface area (Å²) in [5.74, 6) is 0.555. The van der Waals surface area contributed by atoms with Crippen LogP contribution in [0, 0.1) is 0 Å². The fourth-order valence-corrected chi connectivity index (χ4v) is 4.46. The molecular formula is C21H27N5O2S. The monoisotopic (exact) mass is 413 g/mol. The van der Waals surface area contributed by atoms with Crippen molar-refractivity contribution in [2.45, 2.75) is 25.7 Å². The van der Waals surface area contributed by atoms with Crippen LogP contribution in [0.4, 0.5) is 11.5 Å². The summed E-state index contributed by atoms with van der Waals surface area (Å²) in [5, 5.41) is 8.21. The number of pyridine rings is 1. The summed E-state index contributed by atoms with van der Waals surface area (Å²) in [5.41, 5.74) is 1.14. The van der Waals surface area contributed by atoms with Gasteiger partial charge in [-0.25, -0.2) is 4.98 Å². The molecule has 0 atom stereocenters. The standard InChI is InChI=1S/C21H27N5O2S/c27-20(18-6-5-13-29-18)24-17-14-16(21(28)26-9-3-1-2-4-10-26)15-23-19(17)25-11-7-22-8-12-25/h5-6,13-15,22H,1-4,7-12H2,(H,24,27). The van der Waals surface area contributed by atoms with E-state index < -0.39 is 0 Å². The molecule has 8 heteroatoms. The van der Waals surface area contributed by atoms with Crippen molar-refractivity contribution in [1.29, 1.82) is 0 Å². The van der Waals surface area contributed by atoms with E-state index in [0.717, 1.165) is 57.9 Å². The third-order valence-corrected chi connectivity index (χ3v) is 6.29. The Hall–Kier alpha value is -2.45. The lowest BCUT2D eigenvalue weighted by Gasteiger charge is -2.30. The molecule has 2 aliphatic rings. The van der Waals surface area contributed by atoms with E-state index in [1.807, 2.05) is 16.3 Å². The number of aromatic nitrogens is 1. The number of thiophene rings is 1. The summed E-state index contributed by atoms with van der Waals surface area (Å²) in [7, 11) is 0. The molecule has 0 bridgehead atoms. The molecule has 0 saturated carbocycles. The smallest absolute Gasteiger partial charge is 0.265 e. The normalized spacial score (nSPS) is 17.7. The van der Waals surface area contributed by atoms with Crippen molar-refractivity contribution >= 4 is 34.7 Å². The zero-order valence-corrected chi connectivity index (χ0v) is 17.3. The van der Waals surface area contributed by atoms with Gasteiger partial charge in [0.15, 0.2) is 5.82 Å². The highest BCUT2D eigenvalue weighted by atomic mass is 32.1. The first kappa shape index (κ1) is 19.8.